The zero-order chi connectivity index (χ0) is 20.1. The summed E-state index contributed by atoms with van der Waals surface area (Å²) in [6.07, 6.45) is 3.46. The number of hydrogen-bond acceptors (Lipinski definition) is 5. The van der Waals surface area contributed by atoms with E-state index in [1.165, 1.54) is 24.0 Å². The Bertz CT molecular complexity index is 1080. The van der Waals surface area contributed by atoms with Crippen LogP contribution in [0.5, 0.6) is 11.5 Å². The first-order valence-electron chi connectivity index (χ1n) is 8.53. The molecule has 0 aliphatic rings. The van der Waals surface area contributed by atoms with Gasteiger partial charge in [0.25, 0.3) is 0 Å². The molecule has 0 radical (unpaired) electrons. The van der Waals surface area contributed by atoms with E-state index in [0.717, 1.165) is 21.6 Å². The monoisotopic (exact) mass is 457 g/mol. The van der Waals surface area contributed by atoms with Crippen LogP contribution in [0.15, 0.2) is 69.0 Å². The molecule has 28 heavy (non-hydrogen) atoms. The van der Waals surface area contributed by atoms with Crippen molar-refractivity contribution in [3.05, 3.63) is 74.8 Å². The van der Waals surface area contributed by atoms with Gasteiger partial charge in [-0.05, 0) is 40.5 Å². The number of thiazole rings is 1. The first-order valence-corrected chi connectivity index (χ1v) is 10.2. The van der Waals surface area contributed by atoms with E-state index in [-0.39, 0.29) is 5.75 Å². The minimum absolute atomic E-state index is 0.0600. The molecule has 7 heteroatoms. The predicted octanol–water partition coefficient (Wildman–Crippen LogP) is 4.97. The topological polar surface area (TPSA) is 59.1 Å². The van der Waals surface area contributed by atoms with E-state index < -0.39 is 0 Å². The van der Waals surface area contributed by atoms with Gasteiger partial charge in [-0.2, -0.15) is 5.10 Å². The molecule has 0 saturated heterocycles. The van der Waals surface area contributed by atoms with Crippen molar-refractivity contribution in [3.8, 4) is 22.8 Å². The summed E-state index contributed by atoms with van der Waals surface area (Å²) in [6, 6.07) is 11.8. The molecule has 0 bridgehead atoms. The van der Waals surface area contributed by atoms with Crippen LogP contribution in [0.1, 0.15) is 11.1 Å². The highest BCUT2D eigenvalue weighted by Gasteiger charge is 2.09. The molecule has 0 atom stereocenters. The number of benzene rings is 2. The van der Waals surface area contributed by atoms with Gasteiger partial charge < -0.3 is 9.84 Å². The molecule has 1 aromatic heterocycles. The number of ether oxygens (including phenoxy) is 1. The van der Waals surface area contributed by atoms with Crippen molar-refractivity contribution in [1.29, 1.82) is 0 Å². The quantitative estimate of drug-likeness (QED) is 0.419. The average Bonchev–Trinajstić information content (AvgIpc) is 3.10. The van der Waals surface area contributed by atoms with E-state index in [1.54, 1.807) is 24.4 Å². The minimum Gasteiger partial charge on any atom is -0.503 e. The lowest BCUT2D eigenvalue weighted by Gasteiger charge is -2.07. The molecule has 0 amide bonds. The lowest BCUT2D eigenvalue weighted by molar-refractivity contribution is 0.372. The van der Waals surface area contributed by atoms with Gasteiger partial charge in [-0.1, -0.05) is 35.9 Å². The van der Waals surface area contributed by atoms with Gasteiger partial charge in [0.05, 0.1) is 30.0 Å². The number of aromatic hydroxyl groups is 1. The number of hydrogen-bond donors (Lipinski definition) is 1. The van der Waals surface area contributed by atoms with E-state index >= 15 is 0 Å². The summed E-state index contributed by atoms with van der Waals surface area (Å²) < 4.78 is 7.56. The largest absolute Gasteiger partial charge is 0.503 e. The fourth-order valence-electron chi connectivity index (χ4n) is 2.53. The predicted molar refractivity (Wildman–Crippen MR) is 118 cm³/mol. The Morgan fingerprint density at radius 1 is 1.29 bits per heavy atom. The Labute approximate surface area is 176 Å². The Morgan fingerprint density at radius 2 is 2.04 bits per heavy atom. The van der Waals surface area contributed by atoms with E-state index in [0.29, 0.717) is 16.8 Å². The SMILES string of the molecule is C=CCN=c1scc(-c2ccc(C)cc2)n1N=Cc1cc(Br)c(O)c(OC)c1. The van der Waals surface area contributed by atoms with Crippen LogP contribution in [0.3, 0.4) is 0 Å². The fraction of sp³-hybridized carbons (Fsp3) is 0.143. The molecule has 5 nitrogen and oxygen atoms in total. The zero-order valence-corrected chi connectivity index (χ0v) is 18.0. The third-order valence-electron chi connectivity index (χ3n) is 3.98. The molecule has 0 unspecified atom stereocenters. The number of phenolic OH excluding ortho intramolecular Hbond substituents is 1. The molecule has 144 valence electrons. The molecular weight excluding hydrogens is 438 g/mol. The van der Waals surface area contributed by atoms with Crippen LogP contribution in [-0.4, -0.2) is 29.7 Å². The second-order valence-corrected chi connectivity index (χ2v) is 7.70. The summed E-state index contributed by atoms with van der Waals surface area (Å²) in [5.74, 6) is 0.436. The number of nitrogens with zero attached hydrogens (tertiary/aromatic N) is 3. The van der Waals surface area contributed by atoms with E-state index in [2.05, 4.69) is 63.8 Å². The fourth-order valence-corrected chi connectivity index (χ4v) is 3.84. The summed E-state index contributed by atoms with van der Waals surface area (Å²) in [5, 5.41) is 16.7. The lowest BCUT2D eigenvalue weighted by atomic mass is 10.1. The van der Waals surface area contributed by atoms with Gasteiger partial charge in [-0.25, -0.2) is 4.68 Å². The summed E-state index contributed by atoms with van der Waals surface area (Å²) in [7, 11) is 1.51. The van der Waals surface area contributed by atoms with Crippen LogP contribution < -0.4 is 9.54 Å². The Hall–Kier alpha value is -2.64. The van der Waals surface area contributed by atoms with Gasteiger partial charge in [0, 0.05) is 10.9 Å². The normalized spacial score (nSPS) is 11.9. The van der Waals surface area contributed by atoms with Gasteiger partial charge in [0.15, 0.2) is 11.5 Å². The summed E-state index contributed by atoms with van der Waals surface area (Å²) in [4.78, 5) is 5.32. The standard InChI is InChI=1S/C21H20BrN3O2S/c1-4-9-23-21-25(18(13-28-21)16-7-5-14(2)6-8-16)24-12-15-10-17(22)20(26)19(11-15)27-3/h4-8,10-13,26H,1,9H2,2-3H3. The summed E-state index contributed by atoms with van der Waals surface area (Å²) >= 11 is 4.86. The first-order chi connectivity index (χ1) is 13.5. The lowest BCUT2D eigenvalue weighted by Crippen LogP contribution is -2.12. The van der Waals surface area contributed by atoms with E-state index in [9.17, 15) is 5.11 Å². The molecule has 1 heterocycles. The van der Waals surface area contributed by atoms with Gasteiger partial charge in [0.2, 0.25) is 4.80 Å². The van der Waals surface area contributed by atoms with Crippen molar-refractivity contribution in [2.45, 2.75) is 6.92 Å². The van der Waals surface area contributed by atoms with Crippen molar-refractivity contribution in [2.24, 2.45) is 10.1 Å². The smallest absolute Gasteiger partial charge is 0.206 e. The summed E-state index contributed by atoms with van der Waals surface area (Å²) in [6.45, 7) is 6.31. The molecule has 1 N–H and O–H groups in total. The Balaban J connectivity index is 2.08. The van der Waals surface area contributed by atoms with Crippen LogP contribution in [-0.2, 0) is 0 Å². The molecule has 2 aromatic carbocycles. The third-order valence-corrected chi connectivity index (χ3v) is 5.44. The van der Waals surface area contributed by atoms with Crippen molar-refractivity contribution < 1.29 is 9.84 Å². The number of methoxy groups -OCH3 is 1. The van der Waals surface area contributed by atoms with Gasteiger partial charge in [-0.15, -0.1) is 17.9 Å². The first kappa shape index (κ1) is 20.1. The maximum atomic E-state index is 9.99. The van der Waals surface area contributed by atoms with E-state index in [4.69, 9.17) is 4.74 Å². The highest BCUT2D eigenvalue weighted by Crippen LogP contribution is 2.34. The number of aryl methyl sites for hydroxylation is 1. The van der Waals surface area contributed by atoms with E-state index in [1.807, 2.05) is 10.1 Å². The molecule has 0 fully saturated rings. The number of phenols is 1. The molecule has 0 aliphatic carbocycles. The molecule has 0 aliphatic heterocycles. The highest BCUT2D eigenvalue weighted by atomic mass is 79.9. The molecule has 0 saturated carbocycles. The van der Waals surface area contributed by atoms with Gasteiger partial charge >= 0.3 is 0 Å². The molecule has 3 aromatic rings. The van der Waals surface area contributed by atoms with Gasteiger partial charge in [0.1, 0.15) is 0 Å². The summed E-state index contributed by atoms with van der Waals surface area (Å²) in [5.41, 5.74) is 3.99. The van der Waals surface area contributed by atoms with Crippen molar-refractivity contribution >= 4 is 33.5 Å². The zero-order valence-electron chi connectivity index (χ0n) is 15.6. The number of aromatic nitrogens is 1. The van der Waals surface area contributed by atoms with Crippen LogP contribution in [0.4, 0.5) is 0 Å². The maximum absolute atomic E-state index is 9.99. The van der Waals surface area contributed by atoms with Crippen molar-refractivity contribution in [3.63, 3.8) is 0 Å². The highest BCUT2D eigenvalue weighted by molar-refractivity contribution is 9.10. The van der Waals surface area contributed by atoms with Crippen LogP contribution >= 0.6 is 27.3 Å². The van der Waals surface area contributed by atoms with Crippen LogP contribution in [0.25, 0.3) is 11.3 Å². The van der Waals surface area contributed by atoms with Crippen LogP contribution in [0.2, 0.25) is 0 Å². The van der Waals surface area contributed by atoms with Gasteiger partial charge in [-0.3, -0.25) is 4.99 Å². The Kier molecular flexibility index (Phi) is 6.49. The second-order valence-electron chi connectivity index (χ2n) is 6.01. The minimum atomic E-state index is 0.0600. The molecular formula is C21H20BrN3O2S. The molecule has 3 rings (SSSR count). The molecule has 0 spiro atoms. The van der Waals surface area contributed by atoms with Crippen molar-refractivity contribution in [2.75, 3.05) is 13.7 Å². The maximum Gasteiger partial charge on any atom is 0.206 e. The average molecular weight is 458 g/mol. The number of rotatable bonds is 6. The third kappa shape index (κ3) is 4.43. The van der Waals surface area contributed by atoms with Crippen LogP contribution in [0, 0.1) is 6.92 Å². The number of halogens is 1. The van der Waals surface area contributed by atoms with Crippen molar-refractivity contribution in [1.82, 2.24) is 4.68 Å². The second kappa shape index (κ2) is 9.03. The Morgan fingerprint density at radius 3 is 2.71 bits per heavy atom.